The number of nitrogens with one attached hydrogen (secondary N) is 2. The quantitative estimate of drug-likeness (QED) is 0.565. The highest BCUT2D eigenvalue weighted by Crippen LogP contribution is 2.32. The first-order valence-electron chi connectivity index (χ1n) is 9.87. The van der Waals surface area contributed by atoms with Gasteiger partial charge in [-0.05, 0) is 48.0 Å². The number of sulfonamides is 1. The predicted octanol–water partition coefficient (Wildman–Crippen LogP) is 3.66. The van der Waals surface area contributed by atoms with Gasteiger partial charge in [0.2, 0.25) is 0 Å². The van der Waals surface area contributed by atoms with E-state index in [2.05, 4.69) is 10.0 Å². The Morgan fingerprint density at radius 3 is 2.38 bits per heavy atom. The number of amides is 1. The van der Waals surface area contributed by atoms with Gasteiger partial charge in [0, 0.05) is 30.1 Å². The van der Waals surface area contributed by atoms with Crippen LogP contribution in [0.4, 0.5) is 11.4 Å². The fourth-order valence-corrected chi connectivity index (χ4v) is 4.32. The van der Waals surface area contributed by atoms with Crippen LogP contribution in [0.3, 0.4) is 0 Å². The van der Waals surface area contributed by atoms with Crippen molar-refractivity contribution in [3.63, 3.8) is 0 Å². The normalized spacial score (nSPS) is 12.8. The summed E-state index contributed by atoms with van der Waals surface area (Å²) in [6.45, 7) is 1.12. The molecule has 4 rings (SSSR count). The third kappa shape index (κ3) is 4.84. The van der Waals surface area contributed by atoms with E-state index in [1.54, 1.807) is 49.6 Å². The molecule has 3 aromatic rings. The van der Waals surface area contributed by atoms with E-state index in [-0.39, 0.29) is 10.8 Å². The summed E-state index contributed by atoms with van der Waals surface area (Å²) in [6.07, 6.45) is 0. The van der Waals surface area contributed by atoms with Crippen molar-refractivity contribution >= 4 is 27.3 Å². The number of ether oxygens (including phenoxy) is 3. The topological polar surface area (TPSA) is 103 Å². The van der Waals surface area contributed by atoms with Crippen molar-refractivity contribution in [2.24, 2.45) is 0 Å². The van der Waals surface area contributed by atoms with Crippen LogP contribution in [0.15, 0.2) is 71.6 Å². The number of anilines is 2. The Morgan fingerprint density at radius 2 is 1.62 bits per heavy atom. The number of fused-ring (bicyclic) bond motifs is 1. The highest BCUT2D eigenvalue weighted by atomic mass is 32.2. The van der Waals surface area contributed by atoms with E-state index in [0.29, 0.717) is 48.3 Å². The van der Waals surface area contributed by atoms with E-state index >= 15 is 0 Å². The first kappa shape index (κ1) is 21.7. The molecule has 1 aliphatic rings. The fraction of sp³-hybridized carbons (Fsp3) is 0.174. The van der Waals surface area contributed by atoms with Gasteiger partial charge in [-0.3, -0.25) is 9.52 Å². The van der Waals surface area contributed by atoms with E-state index < -0.39 is 10.0 Å². The van der Waals surface area contributed by atoms with Crippen LogP contribution in [0, 0.1) is 0 Å². The minimum Gasteiger partial charge on any atom is -0.486 e. The van der Waals surface area contributed by atoms with Gasteiger partial charge in [0.25, 0.3) is 15.9 Å². The highest BCUT2D eigenvalue weighted by molar-refractivity contribution is 7.92. The zero-order valence-electron chi connectivity index (χ0n) is 17.3. The first-order chi connectivity index (χ1) is 15.5. The molecule has 0 aromatic heterocycles. The third-order valence-electron chi connectivity index (χ3n) is 4.78. The van der Waals surface area contributed by atoms with Crippen molar-refractivity contribution in [3.05, 3.63) is 77.9 Å². The summed E-state index contributed by atoms with van der Waals surface area (Å²) in [5.41, 5.74) is 2.18. The van der Waals surface area contributed by atoms with Crippen LogP contribution >= 0.6 is 0 Å². The van der Waals surface area contributed by atoms with E-state index in [0.717, 1.165) is 5.56 Å². The lowest BCUT2D eigenvalue weighted by Crippen LogP contribution is -2.17. The second-order valence-electron chi connectivity index (χ2n) is 7.03. The molecule has 0 bridgehead atoms. The minimum absolute atomic E-state index is 0.0638. The van der Waals surface area contributed by atoms with Crippen LogP contribution in [0.2, 0.25) is 0 Å². The lowest BCUT2D eigenvalue weighted by Gasteiger charge is -2.19. The zero-order chi connectivity index (χ0) is 22.6. The molecule has 166 valence electrons. The number of benzene rings is 3. The molecule has 2 N–H and O–H groups in total. The molecule has 1 aliphatic heterocycles. The van der Waals surface area contributed by atoms with Crippen LogP contribution in [-0.2, 0) is 21.4 Å². The van der Waals surface area contributed by atoms with Gasteiger partial charge in [-0.15, -0.1) is 0 Å². The molecular weight excluding hydrogens is 432 g/mol. The van der Waals surface area contributed by atoms with Crippen LogP contribution in [0.1, 0.15) is 15.9 Å². The van der Waals surface area contributed by atoms with Crippen LogP contribution < -0.4 is 19.5 Å². The zero-order valence-corrected chi connectivity index (χ0v) is 18.1. The maximum atomic E-state index is 12.7. The number of carbonyl (C=O) groups is 1. The van der Waals surface area contributed by atoms with Gasteiger partial charge >= 0.3 is 0 Å². The Morgan fingerprint density at radius 1 is 0.938 bits per heavy atom. The summed E-state index contributed by atoms with van der Waals surface area (Å²) in [5, 5.41) is 2.81. The summed E-state index contributed by atoms with van der Waals surface area (Å²) in [7, 11) is -2.26. The number of carbonyl (C=O) groups excluding carboxylic acids is 1. The predicted molar refractivity (Wildman–Crippen MR) is 120 cm³/mol. The average Bonchev–Trinajstić information content (AvgIpc) is 2.80. The molecule has 0 spiro atoms. The van der Waals surface area contributed by atoms with E-state index in [1.165, 1.54) is 12.1 Å². The number of methoxy groups -OCH3 is 1. The Hall–Kier alpha value is -3.56. The van der Waals surface area contributed by atoms with Gasteiger partial charge in [-0.2, -0.15) is 0 Å². The lowest BCUT2D eigenvalue weighted by molar-refractivity contribution is 0.102. The molecule has 1 amide bonds. The summed E-state index contributed by atoms with van der Waals surface area (Å²) in [5.74, 6) is 0.635. The van der Waals surface area contributed by atoms with Crippen molar-refractivity contribution in [2.45, 2.75) is 11.5 Å². The Labute approximate surface area is 186 Å². The molecule has 0 atom stereocenters. The number of hydrogen-bond acceptors (Lipinski definition) is 6. The Kier molecular flexibility index (Phi) is 6.29. The molecule has 9 heteroatoms. The molecular formula is C23H22N2O6S. The lowest BCUT2D eigenvalue weighted by atomic mass is 10.1. The maximum absolute atomic E-state index is 12.7. The molecule has 0 saturated heterocycles. The largest absolute Gasteiger partial charge is 0.486 e. The fourth-order valence-electron chi connectivity index (χ4n) is 3.25. The molecule has 0 aliphatic carbocycles. The SMILES string of the molecule is COCc1ccccc1C(=O)Nc1ccc(NS(=O)(=O)c2ccc3c(c2)OCCO3)cc1. The van der Waals surface area contributed by atoms with Crippen LogP contribution in [0.5, 0.6) is 11.5 Å². The maximum Gasteiger partial charge on any atom is 0.262 e. The molecule has 0 radical (unpaired) electrons. The van der Waals surface area contributed by atoms with Crippen molar-refractivity contribution in [1.29, 1.82) is 0 Å². The van der Waals surface area contributed by atoms with Crippen molar-refractivity contribution in [1.82, 2.24) is 0 Å². The Bertz CT molecular complexity index is 1230. The summed E-state index contributed by atoms with van der Waals surface area (Å²) < 4.78 is 44.0. The highest BCUT2D eigenvalue weighted by Gasteiger charge is 2.19. The van der Waals surface area contributed by atoms with E-state index in [4.69, 9.17) is 14.2 Å². The van der Waals surface area contributed by atoms with Gasteiger partial charge in [0.15, 0.2) is 11.5 Å². The van der Waals surface area contributed by atoms with Crippen molar-refractivity contribution < 1.29 is 27.4 Å². The smallest absolute Gasteiger partial charge is 0.262 e. The average molecular weight is 455 g/mol. The van der Waals surface area contributed by atoms with Crippen molar-refractivity contribution in [3.8, 4) is 11.5 Å². The molecule has 0 fully saturated rings. The Balaban J connectivity index is 1.45. The van der Waals surface area contributed by atoms with E-state index in [9.17, 15) is 13.2 Å². The van der Waals surface area contributed by atoms with Gasteiger partial charge in [0.1, 0.15) is 13.2 Å². The molecule has 32 heavy (non-hydrogen) atoms. The summed E-state index contributed by atoms with van der Waals surface area (Å²) >= 11 is 0. The van der Waals surface area contributed by atoms with Crippen LogP contribution in [-0.4, -0.2) is 34.6 Å². The van der Waals surface area contributed by atoms with Gasteiger partial charge in [-0.25, -0.2) is 8.42 Å². The summed E-state index contributed by atoms with van der Waals surface area (Å²) in [4.78, 5) is 12.7. The standard InChI is InChI=1S/C23H22N2O6S/c1-29-15-16-4-2-3-5-20(16)23(26)24-17-6-8-18(9-7-17)25-32(27,28)19-10-11-21-22(14-19)31-13-12-30-21/h2-11,14,25H,12-13,15H2,1H3,(H,24,26). The molecule has 0 unspecified atom stereocenters. The van der Waals surface area contributed by atoms with Gasteiger partial charge in [-0.1, -0.05) is 18.2 Å². The first-order valence-corrected chi connectivity index (χ1v) is 11.4. The van der Waals surface area contributed by atoms with E-state index in [1.807, 2.05) is 12.1 Å². The van der Waals surface area contributed by atoms with Gasteiger partial charge in [0.05, 0.1) is 11.5 Å². The molecule has 0 saturated carbocycles. The third-order valence-corrected chi connectivity index (χ3v) is 6.16. The number of hydrogen-bond donors (Lipinski definition) is 2. The molecule has 1 heterocycles. The minimum atomic E-state index is -3.82. The second kappa shape index (κ2) is 9.29. The molecule has 3 aromatic carbocycles. The van der Waals surface area contributed by atoms with Crippen molar-refractivity contribution in [2.75, 3.05) is 30.4 Å². The summed E-state index contributed by atoms with van der Waals surface area (Å²) in [6, 6.07) is 18.0. The van der Waals surface area contributed by atoms with Crippen LogP contribution in [0.25, 0.3) is 0 Å². The van der Waals surface area contributed by atoms with Gasteiger partial charge < -0.3 is 19.5 Å². The monoisotopic (exact) mass is 454 g/mol. The second-order valence-corrected chi connectivity index (χ2v) is 8.72. The molecule has 8 nitrogen and oxygen atoms in total. The number of rotatable bonds is 7.